The van der Waals surface area contributed by atoms with E-state index >= 15 is 0 Å². The lowest BCUT2D eigenvalue weighted by Crippen LogP contribution is -2.30. The van der Waals surface area contributed by atoms with Gasteiger partial charge in [0.25, 0.3) is 0 Å². The Hall–Kier alpha value is -5.23. The van der Waals surface area contributed by atoms with E-state index in [1.165, 1.54) is 77.0 Å². The fraction of sp³-hybridized carbons (Fsp3) is 0.597. The van der Waals surface area contributed by atoms with E-state index < -0.39 is 6.10 Å². The van der Waals surface area contributed by atoms with Gasteiger partial charge in [-0.25, -0.2) is 0 Å². The molecule has 0 aromatic heterocycles. The minimum atomic E-state index is -0.820. The summed E-state index contributed by atoms with van der Waals surface area (Å²) in [6, 6.07) is 0. The molecule has 1 atom stereocenters. The molecular weight excluding hydrogens is 1020 g/mol. The molecule has 6 nitrogen and oxygen atoms in total. The Balaban J connectivity index is 4.54. The summed E-state index contributed by atoms with van der Waals surface area (Å²) in [4.78, 5) is 38.4. The highest BCUT2D eigenvalue weighted by molar-refractivity contribution is 5.71. The molecule has 0 bridgehead atoms. The number of hydrogen-bond acceptors (Lipinski definition) is 6. The van der Waals surface area contributed by atoms with Crippen LogP contribution in [0.4, 0.5) is 0 Å². The summed E-state index contributed by atoms with van der Waals surface area (Å²) in [5.41, 5.74) is 0. The molecule has 0 spiro atoms. The Morgan fingerprint density at radius 3 is 0.735 bits per heavy atom. The lowest BCUT2D eigenvalue weighted by atomic mass is 10.0. The summed E-state index contributed by atoms with van der Waals surface area (Å²) in [5, 5.41) is 0. The maximum absolute atomic E-state index is 12.9. The van der Waals surface area contributed by atoms with Crippen LogP contribution in [0, 0.1) is 0 Å². The first kappa shape index (κ1) is 77.8. The monoisotopic (exact) mass is 1140 g/mol. The highest BCUT2D eigenvalue weighted by atomic mass is 16.6. The summed E-state index contributed by atoms with van der Waals surface area (Å²) in [6.07, 6.45) is 102. The first-order chi connectivity index (χ1) is 41.0. The van der Waals surface area contributed by atoms with E-state index in [1.54, 1.807) is 0 Å². The van der Waals surface area contributed by atoms with Gasteiger partial charge in [0.15, 0.2) is 6.10 Å². The van der Waals surface area contributed by atoms with Gasteiger partial charge in [0.1, 0.15) is 13.2 Å². The van der Waals surface area contributed by atoms with Crippen molar-refractivity contribution < 1.29 is 28.6 Å². The zero-order chi connectivity index (χ0) is 59.9. The summed E-state index contributed by atoms with van der Waals surface area (Å²) < 4.78 is 16.9. The second kappa shape index (κ2) is 69.3. The molecule has 0 radical (unpaired) electrons. The van der Waals surface area contributed by atoms with Gasteiger partial charge in [-0.15, -0.1) is 0 Å². The Labute approximate surface area is 511 Å². The van der Waals surface area contributed by atoms with Crippen LogP contribution < -0.4 is 0 Å². The number of ether oxygens (including phenoxy) is 3. The van der Waals surface area contributed by atoms with Gasteiger partial charge in [0, 0.05) is 19.3 Å². The molecule has 6 heteroatoms. The molecule has 0 aromatic rings. The molecular formula is C77H122O6. The van der Waals surface area contributed by atoms with E-state index in [-0.39, 0.29) is 37.5 Å². The molecule has 0 aromatic carbocycles. The van der Waals surface area contributed by atoms with Gasteiger partial charge in [0.2, 0.25) is 0 Å². The Bertz CT molecular complexity index is 1890. The predicted molar refractivity (Wildman–Crippen MR) is 361 cm³/mol. The zero-order valence-electron chi connectivity index (χ0n) is 53.4. The molecule has 0 rings (SSSR count). The highest BCUT2D eigenvalue weighted by Gasteiger charge is 2.19. The Morgan fingerprint density at radius 1 is 0.253 bits per heavy atom. The second-order valence-electron chi connectivity index (χ2n) is 21.6. The summed E-state index contributed by atoms with van der Waals surface area (Å²) in [5.74, 6) is -0.976. The molecule has 0 saturated carbocycles. The van der Waals surface area contributed by atoms with Crippen LogP contribution in [-0.2, 0) is 28.6 Å². The van der Waals surface area contributed by atoms with Gasteiger partial charge in [-0.3, -0.25) is 14.4 Å². The third kappa shape index (κ3) is 67.4. The average Bonchev–Trinajstić information content (AvgIpc) is 3.49. The largest absolute Gasteiger partial charge is 0.462 e. The van der Waals surface area contributed by atoms with Crippen molar-refractivity contribution in [2.45, 2.75) is 284 Å². The molecule has 0 aliphatic rings. The maximum Gasteiger partial charge on any atom is 0.306 e. The van der Waals surface area contributed by atoms with Crippen molar-refractivity contribution in [3.05, 3.63) is 170 Å². The Morgan fingerprint density at radius 2 is 0.470 bits per heavy atom. The molecule has 1 unspecified atom stereocenters. The number of carbonyl (C=O) groups excluding carboxylic acids is 3. The zero-order valence-corrected chi connectivity index (χ0v) is 53.4. The van der Waals surface area contributed by atoms with Crippen LogP contribution in [0.5, 0.6) is 0 Å². The van der Waals surface area contributed by atoms with Gasteiger partial charge in [-0.2, -0.15) is 0 Å². The van der Waals surface area contributed by atoms with Crippen LogP contribution >= 0.6 is 0 Å². The quantitative estimate of drug-likeness (QED) is 0.0261. The van der Waals surface area contributed by atoms with Gasteiger partial charge >= 0.3 is 17.9 Å². The normalized spacial score (nSPS) is 13.2. The summed E-state index contributed by atoms with van der Waals surface area (Å²) in [7, 11) is 0. The van der Waals surface area contributed by atoms with E-state index in [9.17, 15) is 14.4 Å². The summed E-state index contributed by atoms with van der Waals surface area (Å²) in [6.45, 7) is 6.36. The minimum Gasteiger partial charge on any atom is -0.462 e. The molecule has 0 amide bonds. The first-order valence-electron chi connectivity index (χ1n) is 33.6. The van der Waals surface area contributed by atoms with Gasteiger partial charge < -0.3 is 14.2 Å². The number of carbonyl (C=O) groups is 3. The third-order valence-corrected chi connectivity index (χ3v) is 13.7. The molecule has 83 heavy (non-hydrogen) atoms. The molecule has 0 aliphatic carbocycles. The molecule has 0 saturated heterocycles. The maximum atomic E-state index is 12.9. The SMILES string of the molecule is CC/C=C\C/C=C\C/C=C\C/C=C\C/C=C\C/C=C\C/C=C\CCCCCC(=O)OCC(COC(=O)CCCCCCCCCCCCCCCCC)OC(=O)CCCCC/C=C\C/C=C\C/C=C\C/C=C\C/C=C\C/C=C\C/C=C\CC. The average molecular weight is 1140 g/mol. The van der Waals surface area contributed by atoms with Crippen LogP contribution in [0.3, 0.4) is 0 Å². The number of rotatable bonds is 59. The van der Waals surface area contributed by atoms with Crippen LogP contribution in [0.25, 0.3) is 0 Å². The van der Waals surface area contributed by atoms with Crippen molar-refractivity contribution in [1.82, 2.24) is 0 Å². The van der Waals surface area contributed by atoms with Crippen molar-refractivity contribution >= 4 is 17.9 Å². The molecule has 0 N–H and O–H groups in total. The minimum absolute atomic E-state index is 0.108. The smallest absolute Gasteiger partial charge is 0.306 e. The number of unbranched alkanes of at least 4 members (excludes halogenated alkanes) is 20. The number of esters is 3. The van der Waals surface area contributed by atoms with Crippen LogP contribution in [0.1, 0.15) is 278 Å². The van der Waals surface area contributed by atoms with Crippen LogP contribution in [0.15, 0.2) is 170 Å². The predicted octanol–water partition coefficient (Wildman–Crippen LogP) is 23.4. The highest BCUT2D eigenvalue weighted by Crippen LogP contribution is 2.15. The van der Waals surface area contributed by atoms with E-state index in [0.29, 0.717) is 19.3 Å². The third-order valence-electron chi connectivity index (χ3n) is 13.7. The van der Waals surface area contributed by atoms with E-state index in [1.807, 2.05) is 0 Å². The van der Waals surface area contributed by atoms with Crippen LogP contribution in [0.2, 0.25) is 0 Å². The van der Waals surface area contributed by atoms with Gasteiger partial charge in [-0.05, 0) is 135 Å². The van der Waals surface area contributed by atoms with Crippen LogP contribution in [-0.4, -0.2) is 37.2 Å². The molecule has 0 aliphatic heterocycles. The van der Waals surface area contributed by atoms with E-state index in [0.717, 1.165) is 154 Å². The topological polar surface area (TPSA) is 78.9 Å². The molecule has 0 heterocycles. The van der Waals surface area contributed by atoms with Gasteiger partial charge in [0.05, 0.1) is 0 Å². The van der Waals surface area contributed by atoms with Crippen molar-refractivity contribution in [3.63, 3.8) is 0 Å². The summed E-state index contributed by atoms with van der Waals surface area (Å²) >= 11 is 0. The molecule has 466 valence electrons. The van der Waals surface area contributed by atoms with Crippen molar-refractivity contribution in [2.24, 2.45) is 0 Å². The fourth-order valence-electron chi connectivity index (χ4n) is 8.76. The standard InChI is InChI=1S/C77H122O6/c1-4-7-10-13-16-19-22-25-28-30-32-34-36-38-40-42-44-46-49-52-55-58-61-64-67-70-76(79)82-73-74(72-81-75(78)69-66-63-60-57-54-51-48-27-24-21-18-15-12-9-6-3)83-77(80)71-68-65-62-59-56-53-50-47-45-43-41-39-37-35-33-31-29-26-23-20-17-14-11-8-5-2/h7-8,10-11,16-17,19-20,25-26,28-29,32-35,38-41,44-47,52-53,55-56,74H,4-6,9,12-15,18,21-24,27,30-31,36-37,42-43,48-51,54,57-73H2,1-3H3/b10-7-,11-8-,19-16-,20-17-,28-25-,29-26-,34-32-,35-33-,40-38-,41-39-,46-44-,47-45-,55-52-,56-53-. The lowest BCUT2D eigenvalue weighted by Gasteiger charge is -2.18. The lowest BCUT2D eigenvalue weighted by molar-refractivity contribution is -0.167. The number of allylic oxidation sites excluding steroid dienone is 28. The van der Waals surface area contributed by atoms with Gasteiger partial charge in [-0.1, -0.05) is 294 Å². The first-order valence-corrected chi connectivity index (χ1v) is 33.6. The molecule has 0 fully saturated rings. The van der Waals surface area contributed by atoms with E-state index in [4.69, 9.17) is 14.2 Å². The van der Waals surface area contributed by atoms with E-state index in [2.05, 4.69) is 191 Å². The van der Waals surface area contributed by atoms with Crippen molar-refractivity contribution in [1.29, 1.82) is 0 Å². The van der Waals surface area contributed by atoms with Crippen molar-refractivity contribution in [2.75, 3.05) is 13.2 Å². The Kier molecular flexibility index (Phi) is 64.9. The van der Waals surface area contributed by atoms with Crippen molar-refractivity contribution in [3.8, 4) is 0 Å². The fourth-order valence-corrected chi connectivity index (χ4v) is 8.76. The number of hydrogen-bond donors (Lipinski definition) is 0. The second-order valence-corrected chi connectivity index (χ2v) is 21.6.